The Hall–Kier alpha value is -1.33. The van der Waals surface area contributed by atoms with E-state index in [0.717, 1.165) is 0 Å². The van der Waals surface area contributed by atoms with E-state index in [2.05, 4.69) is 0 Å². The molecular weight excluding hydrogens is 189 g/mol. The van der Waals surface area contributed by atoms with E-state index < -0.39 is 0 Å². The maximum Gasteiger partial charge on any atom is 0.130 e. The molecule has 0 atom stereocenters. The largest absolute Gasteiger partial charge is 0.206 e. The number of halogens is 2. The van der Waals surface area contributed by atoms with Crippen LogP contribution in [0, 0.1) is 17.1 Å². The minimum Gasteiger partial charge on any atom is -0.206 e. The van der Waals surface area contributed by atoms with E-state index in [9.17, 15) is 4.39 Å². The van der Waals surface area contributed by atoms with Gasteiger partial charge in [0.25, 0.3) is 0 Å². The average Bonchev–Trinajstić information content (AvgIpc) is 2.11. The van der Waals surface area contributed by atoms with Crippen LogP contribution in [0.15, 0.2) is 24.3 Å². The molecule has 0 saturated carbocycles. The molecule has 1 nitrogen and oxygen atoms in total. The van der Waals surface area contributed by atoms with Crippen LogP contribution >= 0.6 is 11.6 Å². The quantitative estimate of drug-likeness (QED) is 0.710. The standard InChI is InChI=1S/C10H7ClFN/c11-9-4-5-10(12)8(7-9)3-1-2-6-13/h1,3-5,7H,2H2. The Bertz CT molecular complexity index is 366. The molecule has 0 aromatic heterocycles. The van der Waals surface area contributed by atoms with Crippen LogP contribution in [0.25, 0.3) is 6.08 Å². The molecule has 1 aromatic rings. The highest BCUT2D eigenvalue weighted by atomic mass is 35.5. The summed E-state index contributed by atoms with van der Waals surface area (Å²) in [4.78, 5) is 0. The van der Waals surface area contributed by atoms with Gasteiger partial charge >= 0.3 is 0 Å². The second-order valence-corrected chi connectivity index (χ2v) is 2.87. The summed E-state index contributed by atoms with van der Waals surface area (Å²) in [5, 5.41) is 8.73. The summed E-state index contributed by atoms with van der Waals surface area (Å²) < 4.78 is 13.0. The number of hydrogen-bond acceptors (Lipinski definition) is 1. The van der Waals surface area contributed by atoms with Crippen LogP contribution in [0.3, 0.4) is 0 Å². The summed E-state index contributed by atoms with van der Waals surface area (Å²) in [6.45, 7) is 0. The Balaban J connectivity index is 2.88. The Morgan fingerprint density at radius 2 is 2.31 bits per heavy atom. The number of nitriles is 1. The van der Waals surface area contributed by atoms with Crippen molar-refractivity contribution in [3.05, 3.63) is 40.7 Å². The van der Waals surface area contributed by atoms with E-state index in [1.165, 1.54) is 18.2 Å². The Labute approximate surface area is 81.1 Å². The van der Waals surface area contributed by atoms with Gasteiger partial charge in [0.2, 0.25) is 0 Å². The molecule has 0 unspecified atom stereocenters. The normalized spacial score (nSPS) is 10.2. The van der Waals surface area contributed by atoms with Gasteiger partial charge in [-0.25, -0.2) is 4.39 Å². The zero-order valence-electron chi connectivity index (χ0n) is 6.80. The van der Waals surface area contributed by atoms with Crippen LogP contribution < -0.4 is 0 Å². The van der Waals surface area contributed by atoms with Crippen molar-refractivity contribution in [2.75, 3.05) is 0 Å². The predicted molar refractivity (Wildman–Crippen MR) is 50.7 cm³/mol. The first-order valence-electron chi connectivity index (χ1n) is 3.72. The molecule has 0 radical (unpaired) electrons. The molecule has 13 heavy (non-hydrogen) atoms. The van der Waals surface area contributed by atoms with Crippen LogP contribution in [0.4, 0.5) is 4.39 Å². The lowest BCUT2D eigenvalue weighted by atomic mass is 10.2. The van der Waals surface area contributed by atoms with Crippen molar-refractivity contribution in [2.45, 2.75) is 6.42 Å². The fraction of sp³-hybridized carbons (Fsp3) is 0.100. The molecule has 0 saturated heterocycles. The summed E-state index contributed by atoms with van der Waals surface area (Å²) in [7, 11) is 0. The van der Waals surface area contributed by atoms with Crippen LogP contribution in [-0.4, -0.2) is 0 Å². The molecular formula is C10H7ClFN. The second kappa shape index (κ2) is 4.64. The molecule has 1 aromatic carbocycles. The van der Waals surface area contributed by atoms with Crippen LogP contribution in [0.1, 0.15) is 12.0 Å². The lowest BCUT2D eigenvalue weighted by molar-refractivity contribution is 0.625. The summed E-state index contributed by atoms with van der Waals surface area (Å²) >= 11 is 5.66. The fourth-order valence-electron chi connectivity index (χ4n) is 0.881. The Kier molecular flexibility index (Phi) is 3.48. The number of rotatable bonds is 2. The highest BCUT2D eigenvalue weighted by Gasteiger charge is 1.97. The van der Waals surface area contributed by atoms with Gasteiger partial charge in [-0.15, -0.1) is 0 Å². The SMILES string of the molecule is N#CCC=Cc1cc(Cl)ccc1F. The third kappa shape index (κ3) is 2.89. The number of nitrogens with zero attached hydrogens (tertiary/aromatic N) is 1. The molecule has 0 aliphatic rings. The summed E-state index contributed by atoms with van der Waals surface area (Å²) in [6.07, 6.45) is 3.41. The Morgan fingerprint density at radius 3 is 3.00 bits per heavy atom. The first kappa shape index (κ1) is 9.76. The summed E-state index contributed by atoms with van der Waals surface area (Å²) in [5.74, 6) is -0.335. The topological polar surface area (TPSA) is 23.8 Å². The molecule has 0 spiro atoms. The van der Waals surface area contributed by atoms with Gasteiger partial charge in [-0.3, -0.25) is 0 Å². The average molecular weight is 196 g/mol. The maximum absolute atomic E-state index is 13.0. The number of hydrogen-bond donors (Lipinski definition) is 0. The predicted octanol–water partition coefficient (Wildman–Crippen LogP) is 3.41. The third-order valence-electron chi connectivity index (χ3n) is 1.46. The lowest BCUT2D eigenvalue weighted by Crippen LogP contribution is -1.80. The minimum atomic E-state index is -0.335. The summed E-state index contributed by atoms with van der Waals surface area (Å²) in [6, 6.07) is 6.23. The van der Waals surface area contributed by atoms with Crippen molar-refractivity contribution in [2.24, 2.45) is 0 Å². The van der Waals surface area contributed by atoms with E-state index in [1.54, 1.807) is 12.2 Å². The van der Waals surface area contributed by atoms with E-state index >= 15 is 0 Å². The monoisotopic (exact) mass is 195 g/mol. The van der Waals surface area contributed by atoms with Crippen LogP contribution in [0.2, 0.25) is 5.02 Å². The minimum absolute atomic E-state index is 0.270. The molecule has 3 heteroatoms. The van der Waals surface area contributed by atoms with Gasteiger partial charge in [0.15, 0.2) is 0 Å². The fourth-order valence-corrected chi connectivity index (χ4v) is 1.06. The third-order valence-corrected chi connectivity index (χ3v) is 1.70. The molecule has 0 N–H and O–H groups in total. The zero-order chi connectivity index (χ0) is 9.68. The molecule has 1 rings (SSSR count). The van der Waals surface area contributed by atoms with Crippen LogP contribution in [0.5, 0.6) is 0 Å². The lowest BCUT2D eigenvalue weighted by Gasteiger charge is -1.96. The van der Waals surface area contributed by atoms with Crippen molar-refractivity contribution in [3.63, 3.8) is 0 Å². The van der Waals surface area contributed by atoms with Gasteiger partial charge in [-0.1, -0.05) is 23.8 Å². The number of allylic oxidation sites excluding steroid dienone is 1. The number of benzene rings is 1. The molecule has 0 heterocycles. The molecule has 0 fully saturated rings. The van der Waals surface area contributed by atoms with Gasteiger partial charge in [0.1, 0.15) is 5.82 Å². The van der Waals surface area contributed by atoms with Crippen molar-refractivity contribution in [1.29, 1.82) is 5.26 Å². The highest BCUT2D eigenvalue weighted by molar-refractivity contribution is 6.30. The van der Waals surface area contributed by atoms with E-state index in [0.29, 0.717) is 10.6 Å². The van der Waals surface area contributed by atoms with Crippen molar-refractivity contribution < 1.29 is 4.39 Å². The Morgan fingerprint density at radius 1 is 1.54 bits per heavy atom. The first-order valence-corrected chi connectivity index (χ1v) is 4.10. The van der Waals surface area contributed by atoms with Crippen molar-refractivity contribution >= 4 is 17.7 Å². The molecule has 0 bridgehead atoms. The van der Waals surface area contributed by atoms with E-state index in [1.807, 2.05) is 6.07 Å². The second-order valence-electron chi connectivity index (χ2n) is 2.43. The molecule has 0 aliphatic heterocycles. The highest BCUT2D eigenvalue weighted by Crippen LogP contribution is 2.16. The van der Waals surface area contributed by atoms with Gasteiger partial charge in [0, 0.05) is 10.6 Å². The van der Waals surface area contributed by atoms with Gasteiger partial charge in [-0.2, -0.15) is 5.26 Å². The van der Waals surface area contributed by atoms with E-state index in [4.69, 9.17) is 16.9 Å². The smallest absolute Gasteiger partial charge is 0.130 e. The van der Waals surface area contributed by atoms with Crippen molar-refractivity contribution in [3.8, 4) is 6.07 Å². The van der Waals surface area contributed by atoms with Gasteiger partial charge in [-0.05, 0) is 18.2 Å². The zero-order valence-corrected chi connectivity index (χ0v) is 7.55. The van der Waals surface area contributed by atoms with Crippen LogP contribution in [-0.2, 0) is 0 Å². The maximum atomic E-state index is 13.0. The van der Waals surface area contributed by atoms with Gasteiger partial charge < -0.3 is 0 Å². The molecule has 0 amide bonds. The summed E-state index contributed by atoms with van der Waals surface area (Å²) in [5.41, 5.74) is 0.405. The first-order chi connectivity index (χ1) is 6.24. The van der Waals surface area contributed by atoms with E-state index in [-0.39, 0.29) is 12.2 Å². The van der Waals surface area contributed by atoms with Crippen molar-refractivity contribution in [1.82, 2.24) is 0 Å². The molecule has 0 aliphatic carbocycles. The molecule has 66 valence electrons. The van der Waals surface area contributed by atoms with Gasteiger partial charge in [0.05, 0.1) is 12.5 Å².